The topological polar surface area (TPSA) is 9.72 Å². The van der Waals surface area contributed by atoms with Gasteiger partial charge in [-0.25, -0.2) is 0 Å². The normalized spacial score (nSPS) is 16.3. The van der Waals surface area contributed by atoms with Crippen molar-refractivity contribution < 1.29 is 0 Å². The first-order valence-electron chi connectivity index (χ1n) is 13.0. The minimum Gasteiger partial charge on any atom is -0.302 e. The number of hydrogen-bond acceptors (Lipinski definition) is 3. The van der Waals surface area contributed by atoms with Gasteiger partial charge in [-0.3, -0.25) is 4.90 Å². The summed E-state index contributed by atoms with van der Waals surface area (Å²) in [6.07, 6.45) is 18.8. The van der Waals surface area contributed by atoms with Crippen LogP contribution >= 0.6 is 0 Å². The number of unbranched alkanes of at least 4 members (excludes halogenated alkanes) is 12. The van der Waals surface area contributed by atoms with Crippen LogP contribution in [0.1, 0.15) is 104 Å². The first-order valence-corrected chi connectivity index (χ1v) is 13.0. The Morgan fingerprint density at radius 2 is 1.00 bits per heavy atom. The predicted octanol–water partition coefficient (Wildman–Crippen LogP) is 6.04. The van der Waals surface area contributed by atoms with Crippen LogP contribution in [0.3, 0.4) is 0 Å². The molecule has 0 saturated carbocycles. The van der Waals surface area contributed by atoms with E-state index in [9.17, 15) is 0 Å². The molecule has 1 heterocycles. The maximum Gasteiger partial charge on any atom is 0.0110 e. The average Bonchev–Trinajstić information content (AvgIpc) is 2.74. The van der Waals surface area contributed by atoms with Crippen LogP contribution in [0, 0.1) is 0 Å². The number of rotatable bonds is 19. The first kappa shape index (κ1) is 25.9. The molecule has 1 aliphatic heterocycles. The first-order chi connectivity index (χ1) is 13.8. The SMILES string of the molecule is CCCCCCCCCCCCCCCN(CC)CCN1CCN(CC)CC1. The second kappa shape index (κ2) is 18.9. The van der Waals surface area contributed by atoms with Gasteiger partial charge >= 0.3 is 0 Å². The van der Waals surface area contributed by atoms with Crippen LogP contribution in [0.4, 0.5) is 0 Å². The van der Waals surface area contributed by atoms with Crippen molar-refractivity contribution in [2.45, 2.75) is 104 Å². The lowest BCUT2D eigenvalue weighted by Gasteiger charge is -2.35. The zero-order chi connectivity index (χ0) is 20.3. The highest BCUT2D eigenvalue weighted by atomic mass is 15.3. The van der Waals surface area contributed by atoms with E-state index in [0.29, 0.717) is 0 Å². The zero-order valence-electron chi connectivity index (χ0n) is 19.9. The highest BCUT2D eigenvalue weighted by Gasteiger charge is 2.15. The van der Waals surface area contributed by atoms with E-state index in [-0.39, 0.29) is 0 Å². The molecule has 0 bridgehead atoms. The molecule has 1 saturated heterocycles. The van der Waals surface area contributed by atoms with E-state index in [1.54, 1.807) is 0 Å². The Balaban J connectivity index is 1.86. The van der Waals surface area contributed by atoms with Crippen LogP contribution in [-0.4, -0.2) is 73.6 Å². The molecule has 1 fully saturated rings. The van der Waals surface area contributed by atoms with Crippen molar-refractivity contribution >= 4 is 0 Å². The number of piperazine rings is 1. The van der Waals surface area contributed by atoms with Crippen LogP contribution in [0.15, 0.2) is 0 Å². The molecule has 0 atom stereocenters. The van der Waals surface area contributed by atoms with Gasteiger partial charge in [-0.15, -0.1) is 0 Å². The van der Waals surface area contributed by atoms with E-state index in [2.05, 4.69) is 35.5 Å². The third-order valence-electron chi connectivity index (χ3n) is 6.67. The number of likely N-dealkylation sites (N-methyl/N-ethyl adjacent to an activating group) is 2. The van der Waals surface area contributed by atoms with Crippen molar-refractivity contribution in [2.75, 3.05) is 58.9 Å². The quantitative estimate of drug-likeness (QED) is 0.247. The molecule has 0 aromatic heterocycles. The van der Waals surface area contributed by atoms with Gasteiger partial charge < -0.3 is 9.80 Å². The standard InChI is InChI=1S/C25H53N3/c1-4-7-8-9-10-11-12-13-14-15-16-17-18-19-26(5-2)20-23-28-24-21-27(6-3)22-25-28/h4-25H2,1-3H3. The molecule has 0 spiro atoms. The van der Waals surface area contributed by atoms with Crippen molar-refractivity contribution in [2.24, 2.45) is 0 Å². The van der Waals surface area contributed by atoms with E-state index >= 15 is 0 Å². The molecule has 3 nitrogen and oxygen atoms in total. The summed E-state index contributed by atoms with van der Waals surface area (Å²) in [5.41, 5.74) is 0. The van der Waals surface area contributed by atoms with Gasteiger partial charge in [-0.1, -0.05) is 97.8 Å². The lowest BCUT2D eigenvalue weighted by molar-refractivity contribution is 0.123. The lowest BCUT2D eigenvalue weighted by Crippen LogP contribution is -2.48. The fourth-order valence-electron chi connectivity index (χ4n) is 4.39. The van der Waals surface area contributed by atoms with E-state index in [4.69, 9.17) is 0 Å². The second-order valence-corrected chi connectivity index (χ2v) is 8.95. The molecular formula is C25H53N3. The second-order valence-electron chi connectivity index (χ2n) is 8.95. The molecule has 0 radical (unpaired) electrons. The summed E-state index contributed by atoms with van der Waals surface area (Å²) in [6, 6.07) is 0. The Kier molecular flexibility index (Phi) is 17.5. The Labute approximate surface area is 178 Å². The molecule has 28 heavy (non-hydrogen) atoms. The summed E-state index contributed by atoms with van der Waals surface area (Å²) in [6.45, 7) is 18.3. The highest BCUT2D eigenvalue weighted by Crippen LogP contribution is 2.12. The molecule has 0 aromatic carbocycles. The molecular weight excluding hydrogens is 342 g/mol. The zero-order valence-corrected chi connectivity index (χ0v) is 19.9. The Bertz CT molecular complexity index is 313. The molecule has 3 heteroatoms. The maximum atomic E-state index is 2.67. The molecule has 0 unspecified atom stereocenters. The number of hydrogen-bond donors (Lipinski definition) is 0. The van der Waals surface area contributed by atoms with Gasteiger partial charge in [-0.2, -0.15) is 0 Å². The Morgan fingerprint density at radius 1 is 0.536 bits per heavy atom. The summed E-state index contributed by atoms with van der Waals surface area (Å²) in [4.78, 5) is 7.91. The molecule has 0 aliphatic carbocycles. The van der Waals surface area contributed by atoms with Crippen LogP contribution in [0.2, 0.25) is 0 Å². The van der Waals surface area contributed by atoms with Gasteiger partial charge in [0.15, 0.2) is 0 Å². The molecule has 168 valence electrons. The van der Waals surface area contributed by atoms with Crippen LogP contribution in [0.25, 0.3) is 0 Å². The van der Waals surface area contributed by atoms with Gasteiger partial charge in [0.1, 0.15) is 0 Å². The van der Waals surface area contributed by atoms with Crippen molar-refractivity contribution in [3.05, 3.63) is 0 Å². The maximum absolute atomic E-state index is 2.67. The third kappa shape index (κ3) is 14.0. The summed E-state index contributed by atoms with van der Waals surface area (Å²) in [7, 11) is 0. The van der Waals surface area contributed by atoms with E-state index < -0.39 is 0 Å². The smallest absolute Gasteiger partial charge is 0.0110 e. The molecule has 0 aromatic rings. The molecule has 0 N–H and O–H groups in total. The van der Waals surface area contributed by atoms with Crippen molar-refractivity contribution in [1.29, 1.82) is 0 Å². The van der Waals surface area contributed by atoms with Crippen molar-refractivity contribution in [3.8, 4) is 0 Å². The van der Waals surface area contributed by atoms with Gasteiger partial charge in [0.2, 0.25) is 0 Å². The summed E-state index contributed by atoms with van der Waals surface area (Å²) in [5, 5.41) is 0. The summed E-state index contributed by atoms with van der Waals surface area (Å²) in [5.74, 6) is 0. The van der Waals surface area contributed by atoms with Crippen LogP contribution in [0.5, 0.6) is 0 Å². The highest BCUT2D eigenvalue weighted by molar-refractivity contribution is 4.72. The van der Waals surface area contributed by atoms with E-state index in [1.165, 1.54) is 142 Å². The molecule has 1 aliphatic rings. The van der Waals surface area contributed by atoms with Gasteiger partial charge in [-0.05, 0) is 26.1 Å². The van der Waals surface area contributed by atoms with E-state index in [0.717, 1.165) is 0 Å². The van der Waals surface area contributed by atoms with Gasteiger partial charge in [0.25, 0.3) is 0 Å². The van der Waals surface area contributed by atoms with Crippen molar-refractivity contribution in [1.82, 2.24) is 14.7 Å². The average molecular weight is 396 g/mol. The van der Waals surface area contributed by atoms with Gasteiger partial charge in [0, 0.05) is 39.3 Å². The summed E-state index contributed by atoms with van der Waals surface area (Å²) >= 11 is 0. The van der Waals surface area contributed by atoms with Crippen molar-refractivity contribution in [3.63, 3.8) is 0 Å². The molecule has 0 amide bonds. The fraction of sp³-hybridized carbons (Fsp3) is 1.00. The van der Waals surface area contributed by atoms with Crippen LogP contribution in [-0.2, 0) is 0 Å². The predicted molar refractivity (Wildman–Crippen MR) is 126 cm³/mol. The number of nitrogens with zero attached hydrogens (tertiary/aromatic N) is 3. The largest absolute Gasteiger partial charge is 0.302 e. The Hall–Kier alpha value is -0.120. The van der Waals surface area contributed by atoms with E-state index in [1.807, 2.05) is 0 Å². The third-order valence-corrected chi connectivity index (χ3v) is 6.67. The monoisotopic (exact) mass is 395 g/mol. The molecule has 1 rings (SSSR count). The fourth-order valence-corrected chi connectivity index (χ4v) is 4.39. The minimum atomic E-state index is 1.22. The summed E-state index contributed by atoms with van der Waals surface area (Å²) < 4.78 is 0. The lowest BCUT2D eigenvalue weighted by atomic mass is 10.0. The Morgan fingerprint density at radius 3 is 1.46 bits per heavy atom. The van der Waals surface area contributed by atoms with Gasteiger partial charge in [0.05, 0.1) is 0 Å². The minimum absolute atomic E-state index is 1.22. The van der Waals surface area contributed by atoms with Crippen LogP contribution < -0.4 is 0 Å².